The predicted molar refractivity (Wildman–Crippen MR) is 61.3 cm³/mol. The third-order valence-electron chi connectivity index (χ3n) is 2.52. The monoisotopic (exact) mass is 211 g/mol. The van der Waals surface area contributed by atoms with Gasteiger partial charge in [0.25, 0.3) is 0 Å². The molecular weight excluding hydrogens is 194 g/mol. The Morgan fingerprint density at radius 1 is 1.43 bits per heavy atom. The Bertz CT molecular complexity index is 302. The average molecular weight is 211 g/mol. The van der Waals surface area contributed by atoms with E-state index in [0.717, 1.165) is 32.6 Å². The fraction of sp³-hybridized carbons (Fsp3) is 0.700. The second-order valence-electron chi connectivity index (χ2n) is 3.59. The van der Waals surface area contributed by atoms with E-state index in [0.29, 0.717) is 0 Å². The molecular formula is C10H17N3S. The van der Waals surface area contributed by atoms with E-state index in [2.05, 4.69) is 29.0 Å². The lowest BCUT2D eigenvalue weighted by atomic mass is 10.3. The number of rotatable bonds is 2. The largest absolute Gasteiger partial charge is 0.359 e. The molecule has 1 aliphatic heterocycles. The molecule has 1 N–H and O–H groups in total. The molecule has 0 unspecified atom stereocenters. The van der Waals surface area contributed by atoms with Crippen molar-refractivity contribution in [3.63, 3.8) is 0 Å². The maximum atomic E-state index is 4.56. The zero-order valence-electron chi connectivity index (χ0n) is 8.84. The summed E-state index contributed by atoms with van der Waals surface area (Å²) in [5, 5.41) is 6.01. The quantitative estimate of drug-likeness (QED) is 0.802. The van der Waals surface area contributed by atoms with Crippen molar-refractivity contribution in [1.82, 2.24) is 10.3 Å². The first-order chi connectivity index (χ1) is 6.81. The highest BCUT2D eigenvalue weighted by molar-refractivity contribution is 7.15. The van der Waals surface area contributed by atoms with E-state index in [1.165, 1.54) is 15.7 Å². The minimum absolute atomic E-state index is 1.05. The van der Waals surface area contributed by atoms with Crippen molar-refractivity contribution in [2.45, 2.75) is 20.3 Å². The van der Waals surface area contributed by atoms with Crippen molar-refractivity contribution >= 4 is 16.3 Å². The summed E-state index contributed by atoms with van der Waals surface area (Å²) >= 11 is 1.85. The van der Waals surface area contributed by atoms with E-state index in [1.54, 1.807) is 0 Å². The lowest BCUT2D eigenvalue weighted by molar-refractivity contribution is 0.591. The molecule has 1 aromatic rings. The van der Waals surface area contributed by atoms with Gasteiger partial charge >= 0.3 is 0 Å². The number of nitrogens with zero attached hydrogens (tertiary/aromatic N) is 2. The summed E-state index contributed by atoms with van der Waals surface area (Å²) in [5.41, 5.74) is 1.20. The Hall–Kier alpha value is -0.610. The molecule has 0 radical (unpaired) electrons. The van der Waals surface area contributed by atoms with Crippen molar-refractivity contribution in [1.29, 1.82) is 0 Å². The van der Waals surface area contributed by atoms with Gasteiger partial charge in [-0.25, -0.2) is 4.98 Å². The van der Waals surface area contributed by atoms with Crippen molar-refractivity contribution in [3.8, 4) is 0 Å². The fourth-order valence-electron chi connectivity index (χ4n) is 1.76. The maximum absolute atomic E-state index is 4.56. The topological polar surface area (TPSA) is 28.2 Å². The molecule has 0 amide bonds. The summed E-state index contributed by atoms with van der Waals surface area (Å²) < 4.78 is 0. The van der Waals surface area contributed by atoms with Crippen LogP contribution >= 0.6 is 11.3 Å². The Labute approximate surface area is 89.1 Å². The van der Waals surface area contributed by atoms with E-state index in [-0.39, 0.29) is 0 Å². The molecule has 0 aliphatic carbocycles. The predicted octanol–water partition coefficient (Wildman–Crippen LogP) is 1.42. The molecule has 0 atom stereocenters. The van der Waals surface area contributed by atoms with E-state index in [4.69, 9.17) is 0 Å². The third-order valence-corrected chi connectivity index (χ3v) is 3.89. The second-order valence-corrected chi connectivity index (χ2v) is 4.65. The lowest BCUT2D eigenvalue weighted by Crippen LogP contribution is -2.43. The summed E-state index contributed by atoms with van der Waals surface area (Å²) in [6, 6.07) is 0. The molecule has 0 spiro atoms. The highest BCUT2D eigenvalue weighted by atomic mass is 32.1. The van der Waals surface area contributed by atoms with Crippen LogP contribution in [0.5, 0.6) is 0 Å². The smallest absolute Gasteiger partial charge is 0.114 e. The zero-order chi connectivity index (χ0) is 9.97. The number of piperazine rings is 1. The molecule has 2 heterocycles. The van der Waals surface area contributed by atoms with Crippen molar-refractivity contribution in [3.05, 3.63) is 10.7 Å². The standard InChI is InChI=1S/C10H17N3S/c1-3-9-12-8(2)10(14-9)13-6-4-11-5-7-13/h11H,3-7H2,1-2H3. The van der Waals surface area contributed by atoms with Gasteiger partial charge in [-0.3, -0.25) is 0 Å². The molecule has 1 fully saturated rings. The summed E-state index contributed by atoms with van der Waals surface area (Å²) in [5.74, 6) is 0. The number of hydrogen-bond donors (Lipinski definition) is 1. The van der Waals surface area contributed by atoms with Gasteiger partial charge in [0.1, 0.15) is 5.00 Å². The maximum Gasteiger partial charge on any atom is 0.114 e. The normalized spacial score (nSPS) is 17.4. The minimum atomic E-state index is 1.05. The lowest BCUT2D eigenvalue weighted by Gasteiger charge is -2.28. The van der Waals surface area contributed by atoms with Crippen LogP contribution in [0.1, 0.15) is 17.6 Å². The molecule has 3 nitrogen and oxygen atoms in total. The van der Waals surface area contributed by atoms with Gasteiger partial charge in [-0.15, -0.1) is 11.3 Å². The molecule has 4 heteroatoms. The molecule has 14 heavy (non-hydrogen) atoms. The Balaban J connectivity index is 2.17. The first-order valence-electron chi connectivity index (χ1n) is 5.23. The van der Waals surface area contributed by atoms with Gasteiger partial charge in [0, 0.05) is 26.2 Å². The van der Waals surface area contributed by atoms with Crippen molar-refractivity contribution in [2.75, 3.05) is 31.1 Å². The van der Waals surface area contributed by atoms with Gasteiger partial charge in [0.2, 0.25) is 0 Å². The molecule has 0 aromatic carbocycles. The molecule has 78 valence electrons. The first kappa shape index (κ1) is 9.93. The van der Waals surface area contributed by atoms with E-state index >= 15 is 0 Å². The van der Waals surface area contributed by atoms with Crippen LogP contribution in [-0.2, 0) is 6.42 Å². The Morgan fingerprint density at radius 3 is 2.71 bits per heavy atom. The Morgan fingerprint density at radius 2 is 2.14 bits per heavy atom. The van der Waals surface area contributed by atoms with Gasteiger partial charge in [0.05, 0.1) is 10.7 Å². The van der Waals surface area contributed by atoms with Crippen LogP contribution in [-0.4, -0.2) is 31.2 Å². The minimum Gasteiger partial charge on any atom is -0.359 e. The van der Waals surface area contributed by atoms with Crippen LogP contribution in [0.15, 0.2) is 0 Å². The second kappa shape index (κ2) is 4.28. The van der Waals surface area contributed by atoms with Crippen LogP contribution in [0.4, 0.5) is 5.00 Å². The van der Waals surface area contributed by atoms with Gasteiger partial charge in [-0.1, -0.05) is 6.92 Å². The fourth-order valence-corrected chi connectivity index (χ4v) is 2.81. The van der Waals surface area contributed by atoms with Gasteiger partial charge in [0.15, 0.2) is 0 Å². The Kier molecular flexibility index (Phi) is 3.03. The van der Waals surface area contributed by atoms with Crippen LogP contribution in [0.3, 0.4) is 0 Å². The molecule has 1 saturated heterocycles. The van der Waals surface area contributed by atoms with E-state index < -0.39 is 0 Å². The third kappa shape index (κ3) is 1.91. The van der Waals surface area contributed by atoms with E-state index in [1.807, 2.05) is 11.3 Å². The van der Waals surface area contributed by atoms with Gasteiger partial charge in [-0.2, -0.15) is 0 Å². The number of nitrogens with one attached hydrogen (secondary N) is 1. The number of hydrogen-bond acceptors (Lipinski definition) is 4. The zero-order valence-corrected chi connectivity index (χ0v) is 9.65. The SMILES string of the molecule is CCc1nc(C)c(N2CCNCC2)s1. The van der Waals surface area contributed by atoms with Gasteiger partial charge in [-0.05, 0) is 13.3 Å². The highest BCUT2D eigenvalue weighted by Gasteiger charge is 2.15. The van der Waals surface area contributed by atoms with Crippen LogP contribution in [0, 0.1) is 6.92 Å². The molecule has 1 aromatic heterocycles. The van der Waals surface area contributed by atoms with Crippen molar-refractivity contribution < 1.29 is 0 Å². The van der Waals surface area contributed by atoms with Crippen LogP contribution in [0.25, 0.3) is 0 Å². The van der Waals surface area contributed by atoms with Crippen LogP contribution < -0.4 is 10.2 Å². The number of thiazole rings is 1. The summed E-state index contributed by atoms with van der Waals surface area (Å²) in [6.45, 7) is 8.71. The molecule has 0 bridgehead atoms. The molecule has 1 aliphatic rings. The number of aryl methyl sites for hydroxylation is 2. The molecule has 0 saturated carbocycles. The van der Waals surface area contributed by atoms with Crippen molar-refractivity contribution in [2.24, 2.45) is 0 Å². The summed E-state index contributed by atoms with van der Waals surface area (Å²) in [4.78, 5) is 7.01. The first-order valence-corrected chi connectivity index (χ1v) is 6.05. The number of anilines is 1. The summed E-state index contributed by atoms with van der Waals surface area (Å²) in [7, 11) is 0. The summed E-state index contributed by atoms with van der Waals surface area (Å²) in [6.07, 6.45) is 1.05. The highest BCUT2D eigenvalue weighted by Crippen LogP contribution is 2.28. The average Bonchev–Trinajstić information content (AvgIpc) is 2.61. The van der Waals surface area contributed by atoms with E-state index in [9.17, 15) is 0 Å². The number of aromatic nitrogens is 1. The van der Waals surface area contributed by atoms with Crippen LogP contribution in [0.2, 0.25) is 0 Å². The van der Waals surface area contributed by atoms with Gasteiger partial charge < -0.3 is 10.2 Å². The molecule has 2 rings (SSSR count).